The fourth-order valence-corrected chi connectivity index (χ4v) is 2.71. The normalized spacial score (nSPS) is 11.0. The number of benzene rings is 2. The Labute approximate surface area is 130 Å². The van der Waals surface area contributed by atoms with E-state index in [1.165, 1.54) is 42.5 Å². The van der Waals surface area contributed by atoms with Crippen LogP contribution < -0.4 is 4.72 Å². The topological polar surface area (TPSA) is 106 Å². The summed E-state index contributed by atoms with van der Waals surface area (Å²) >= 11 is 5.66. The highest BCUT2D eigenvalue weighted by Gasteiger charge is 2.20. The first-order valence-electron chi connectivity index (χ1n) is 5.87. The van der Waals surface area contributed by atoms with E-state index in [0.717, 1.165) is 6.07 Å². The Morgan fingerprint density at radius 1 is 1.14 bits per heavy atom. The molecule has 2 rings (SSSR count). The van der Waals surface area contributed by atoms with Crippen molar-refractivity contribution >= 4 is 33.2 Å². The molecule has 22 heavy (non-hydrogen) atoms. The summed E-state index contributed by atoms with van der Waals surface area (Å²) in [6.45, 7) is 0. The van der Waals surface area contributed by atoms with Crippen LogP contribution in [-0.4, -0.2) is 19.2 Å². The van der Waals surface area contributed by atoms with Crippen molar-refractivity contribution in [2.24, 2.45) is 0 Å². The minimum atomic E-state index is -4.09. The number of nitro benzene ring substituents is 1. The van der Waals surface area contributed by atoms with Crippen LogP contribution in [0.3, 0.4) is 0 Å². The first-order chi connectivity index (χ1) is 10.3. The molecule has 1 amide bonds. The van der Waals surface area contributed by atoms with Gasteiger partial charge in [0.2, 0.25) is 0 Å². The van der Waals surface area contributed by atoms with Gasteiger partial charge in [-0.05, 0) is 30.3 Å². The third-order valence-electron chi connectivity index (χ3n) is 2.67. The highest BCUT2D eigenvalue weighted by molar-refractivity contribution is 7.90. The van der Waals surface area contributed by atoms with E-state index in [9.17, 15) is 23.3 Å². The van der Waals surface area contributed by atoms with Gasteiger partial charge in [0.05, 0.1) is 9.82 Å². The lowest BCUT2D eigenvalue weighted by atomic mass is 10.2. The molecule has 0 heterocycles. The van der Waals surface area contributed by atoms with Crippen molar-refractivity contribution in [2.45, 2.75) is 4.90 Å². The number of amides is 1. The van der Waals surface area contributed by atoms with Crippen LogP contribution in [0.4, 0.5) is 5.69 Å². The summed E-state index contributed by atoms with van der Waals surface area (Å²) in [7, 11) is -4.09. The van der Waals surface area contributed by atoms with Crippen molar-refractivity contribution in [3.05, 3.63) is 69.2 Å². The van der Waals surface area contributed by atoms with E-state index in [4.69, 9.17) is 11.6 Å². The molecular weight excluding hydrogens is 332 g/mol. The van der Waals surface area contributed by atoms with E-state index in [0.29, 0.717) is 5.02 Å². The summed E-state index contributed by atoms with van der Waals surface area (Å²) in [5, 5.41) is 11.0. The summed E-state index contributed by atoms with van der Waals surface area (Å²) < 4.78 is 25.9. The van der Waals surface area contributed by atoms with E-state index in [2.05, 4.69) is 0 Å². The zero-order valence-electron chi connectivity index (χ0n) is 10.9. The summed E-state index contributed by atoms with van der Waals surface area (Å²) in [5.74, 6) is -0.960. The quantitative estimate of drug-likeness (QED) is 0.679. The lowest BCUT2D eigenvalue weighted by Crippen LogP contribution is -2.30. The number of nitrogens with zero attached hydrogens (tertiary/aromatic N) is 1. The number of halogens is 1. The molecule has 0 unspecified atom stereocenters. The van der Waals surface area contributed by atoms with Gasteiger partial charge in [0.15, 0.2) is 0 Å². The Morgan fingerprint density at radius 2 is 1.77 bits per heavy atom. The largest absolute Gasteiger partial charge is 0.270 e. The first-order valence-corrected chi connectivity index (χ1v) is 7.73. The van der Waals surface area contributed by atoms with Crippen molar-refractivity contribution in [1.29, 1.82) is 0 Å². The van der Waals surface area contributed by atoms with Crippen LogP contribution in [0.5, 0.6) is 0 Å². The third kappa shape index (κ3) is 3.60. The highest BCUT2D eigenvalue weighted by Crippen LogP contribution is 2.16. The van der Waals surface area contributed by atoms with Crippen LogP contribution >= 0.6 is 11.6 Å². The van der Waals surface area contributed by atoms with Gasteiger partial charge in [-0.1, -0.05) is 17.7 Å². The predicted molar refractivity (Wildman–Crippen MR) is 79.2 cm³/mol. The zero-order valence-corrected chi connectivity index (χ0v) is 12.5. The van der Waals surface area contributed by atoms with Crippen LogP contribution in [-0.2, 0) is 10.0 Å². The second-order valence-electron chi connectivity index (χ2n) is 4.20. The molecule has 0 atom stereocenters. The van der Waals surface area contributed by atoms with E-state index in [1.54, 1.807) is 0 Å². The standard InChI is InChI=1S/C13H9ClN2O5S/c14-10-4-6-12(7-5-10)22(20,21)15-13(17)9-2-1-3-11(8-9)16(18)19/h1-8H,(H,15,17). The SMILES string of the molecule is O=C(NS(=O)(=O)c1ccc(Cl)cc1)c1cccc([N+](=O)[O-])c1. The fourth-order valence-electron chi connectivity index (χ4n) is 1.61. The maximum absolute atomic E-state index is 12.0. The van der Waals surface area contributed by atoms with E-state index in [1.807, 2.05) is 4.72 Å². The van der Waals surface area contributed by atoms with Crippen LogP contribution in [0.1, 0.15) is 10.4 Å². The van der Waals surface area contributed by atoms with Gasteiger partial charge in [-0.15, -0.1) is 0 Å². The zero-order chi connectivity index (χ0) is 16.3. The van der Waals surface area contributed by atoms with Crippen LogP contribution in [0.2, 0.25) is 5.02 Å². The molecule has 0 radical (unpaired) electrons. The maximum atomic E-state index is 12.0. The van der Waals surface area contributed by atoms with Gasteiger partial charge in [0, 0.05) is 22.7 Å². The fraction of sp³-hybridized carbons (Fsp3) is 0. The molecule has 0 saturated carbocycles. The van der Waals surface area contributed by atoms with Gasteiger partial charge in [-0.3, -0.25) is 14.9 Å². The average molecular weight is 341 g/mol. The lowest BCUT2D eigenvalue weighted by molar-refractivity contribution is -0.384. The molecule has 0 bridgehead atoms. The summed E-state index contributed by atoms with van der Waals surface area (Å²) in [6, 6.07) is 9.98. The molecule has 114 valence electrons. The minimum absolute atomic E-state index is 0.133. The molecule has 0 aliphatic heterocycles. The Balaban J connectivity index is 2.26. The van der Waals surface area contributed by atoms with Gasteiger partial charge >= 0.3 is 0 Å². The second kappa shape index (κ2) is 6.12. The third-order valence-corrected chi connectivity index (χ3v) is 4.27. The molecule has 2 aromatic carbocycles. The van der Waals surface area contributed by atoms with E-state index >= 15 is 0 Å². The number of carbonyl (C=O) groups excluding carboxylic acids is 1. The number of rotatable bonds is 4. The molecule has 0 aromatic heterocycles. The molecular formula is C13H9ClN2O5S. The van der Waals surface area contributed by atoms with Gasteiger partial charge in [0.25, 0.3) is 21.6 Å². The molecule has 0 saturated heterocycles. The number of sulfonamides is 1. The molecule has 0 spiro atoms. The van der Waals surface area contributed by atoms with Gasteiger partial charge in [0.1, 0.15) is 0 Å². The number of hydrogen-bond donors (Lipinski definition) is 1. The number of non-ortho nitro benzene ring substituents is 1. The number of carbonyl (C=O) groups is 1. The van der Waals surface area contributed by atoms with Crippen LogP contribution in [0.15, 0.2) is 53.4 Å². The second-order valence-corrected chi connectivity index (χ2v) is 6.31. The van der Waals surface area contributed by atoms with Crippen molar-refractivity contribution < 1.29 is 18.1 Å². The summed E-state index contributed by atoms with van der Waals surface area (Å²) in [4.78, 5) is 21.8. The molecule has 2 aromatic rings. The molecule has 0 aliphatic rings. The Hall–Kier alpha value is -2.45. The maximum Gasteiger partial charge on any atom is 0.270 e. The van der Waals surface area contributed by atoms with Crippen LogP contribution in [0, 0.1) is 10.1 Å². The van der Waals surface area contributed by atoms with Crippen molar-refractivity contribution in [3.63, 3.8) is 0 Å². The van der Waals surface area contributed by atoms with Gasteiger partial charge < -0.3 is 0 Å². The lowest BCUT2D eigenvalue weighted by Gasteiger charge is -2.07. The van der Waals surface area contributed by atoms with Crippen molar-refractivity contribution in [3.8, 4) is 0 Å². The number of nitro groups is 1. The Bertz CT molecular complexity index is 834. The first kappa shape index (κ1) is 15.9. The van der Waals surface area contributed by atoms with Crippen molar-refractivity contribution in [1.82, 2.24) is 4.72 Å². The number of hydrogen-bond acceptors (Lipinski definition) is 5. The van der Waals surface area contributed by atoms with E-state index in [-0.39, 0.29) is 16.1 Å². The van der Waals surface area contributed by atoms with Gasteiger partial charge in [-0.2, -0.15) is 0 Å². The monoisotopic (exact) mass is 340 g/mol. The average Bonchev–Trinajstić information content (AvgIpc) is 2.47. The Kier molecular flexibility index (Phi) is 4.43. The molecule has 1 N–H and O–H groups in total. The van der Waals surface area contributed by atoms with E-state index < -0.39 is 20.9 Å². The summed E-state index contributed by atoms with van der Waals surface area (Å²) in [5.41, 5.74) is -0.441. The highest BCUT2D eigenvalue weighted by atomic mass is 35.5. The smallest absolute Gasteiger partial charge is 0.268 e. The summed E-state index contributed by atoms with van der Waals surface area (Å²) in [6.07, 6.45) is 0. The molecule has 7 nitrogen and oxygen atoms in total. The van der Waals surface area contributed by atoms with Gasteiger partial charge in [-0.25, -0.2) is 13.1 Å². The Morgan fingerprint density at radius 3 is 2.36 bits per heavy atom. The molecule has 9 heteroatoms. The predicted octanol–water partition coefficient (Wildman–Crippen LogP) is 2.37. The minimum Gasteiger partial charge on any atom is -0.268 e. The number of nitrogens with one attached hydrogen (secondary N) is 1. The molecule has 0 fully saturated rings. The molecule has 0 aliphatic carbocycles. The van der Waals surface area contributed by atoms with Crippen molar-refractivity contribution in [2.75, 3.05) is 0 Å². The van der Waals surface area contributed by atoms with Crippen LogP contribution in [0.25, 0.3) is 0 Å².